The number of halogens is 1. The van der Waals surface area contributed by atoms with Crippen molar-refractivity contribution >= 4 is 28.5 Å². The van der Waals surface area contributed by atoms with E-state index in [2.05, 4.69) is 57.1 Å². The second-order valence-electron chi connectivity index (χ2n) is 5.90. The fourth-order valence-corrected chi connectivity index (χ4v) is 3.10. The second-order valence-corrected chi connectivity index (χ2v) is 7.14. The summed E-state index contributed by atoms with van der Waals surface area (Å²) in [5.41, 5.74) is 3.09. The van der Waals surface area contributed by atoms with E-state index < -0.39 is 0 Å². The fourth-order valence-electron chi connectivity index (χ4n) is 2.74. The number of nitrogens with one attached hydrogen (secondary N) is 1. The lowest BCUT2D eigenvalue weighted by atomic mass is 10.1. The molecule has 2 aromatic carbocycles. The van der Waals surface area contributed by atoms with Crippen LogP contribution in [0.4, 0.5) is 0 Å². The first-order valence-electron chi connectivity index (χ1n) is 8.12. The number of hydrogen-bond donors (Lipinski definition) is 1. The molecule has 1 saturated heterocycles. The third-order valence-corrected chi connectivity index (χ3v) is 4.78. The van der Waals surface area contributed by atoms with Crippen LogP contribution < -0.4 is 5.32 Å². The summed E-state index contributed by atoms with van der Waals surface area (Å²) in [7, 11) is 0. The number of carbonyl (C=O) groups is 1. The van der Waals surface area contributed by atoms with Crippen LogP contribution >= 0.6 is 22.6 Å². The van der Waals surface area contributed by atoms with Crippen LogP contribution in [-0.2, 0) is 17.8 Å². The monoisotopic (exact) mass is 436 g/mol. The van der Waals surface area contributed by atoms with Crippen molar-refractivity contribution < 1.29 is 9.53 Å². The number of nitrogens with zero attached hydrogens (tertiary/aromatic N) is 1. The summed E-state index contributed by atoms with van der Waals surface area (Å²) in [4.78, 5) is 14.6. The zero-order valence-corrected chi connectivity index (χ0v) is 15.7. The lowest BCUT2D eigenvalue weighted by Gasteiger charge is -2.26. The number of rotatable bonds is 5. The van der Waals surface area contributed by atoms with Gasteiger partial charge in [0.05, 0.1) is 13.2 Å². The molecule has 4 nitrogen and oxygen atoms in total. The first-order valence-corrected chi connectivity index (χ1v) is 9.20. The quantitative estimate of drug-likeness (QED) is 0.733. The largest absolute Gasteiger partial charge is 0.379 e. The van der Waals surface area contributed by atoms with Crippen molar-refractivity contribution in [2.75, 3.05) is 26.3 Å². The van der Waals surface area contributed by atoms with Gasteiger partial charge in [-0.05, 0) is 58.0 Å². The zero-order valence-electron chi connectivity index (χ0n) is 13.5. The van der Waals surface area contributed by atoms with E-state index in [0.717, 1.165) is 42.0 Å². The minimum Gasteiger partial charge on any atom is -0.379 e. The average molecular weight is 436 g/mol. The van der Waals surface area contributed by atoms with Crippen molar-refractivity contribution in [3.05, 3.63) is 68.8 Å². The molecule has 0 saturated carbocycles. The standard InChI is InChI=1S/C19H21IN2O2/c20-18-6-4-17(5-7-18)19(23)21-13-15-2-1-3-16(12-15)14-22-8-10-24-11-9-22/h1-7,12H,8-11,13-14H2,(H,21,23). The number of benzene rings is 2. The molecule has 0 spiro atoms. The molecule has 1 heterocycles. The van der Waals surface area contributed by atoms with Crippen LogP contribution in [0.5, 0.6) is 0 Å². The molecule has 24 heavy (non-hydrogen) atoms. The summed E-state index contributed by atoms with van der Waals surface area (Å²) in [6.45, 7) is 5.06. The summed E-state index contributed by atoms with van der Waals surface area (Å²) in [5.74, 6) is -0.0371. The van der Waals surface area contributed by atoms with Gasteiger partial charge in [0.2, 0.25) is 0 Å². The molecule has 1 aliphatic heterocycles. The summed E-state index contributed by atoms with van der Waals surface area (Å²) in [6, 6.07) is 16.0. The average Bonchev–Trinajstić information content (AvgIpc) is 2.61. The third kappa shape index (κ3) is 5.03. The molecule has 0 bridgehead atoms. The molecule has 1 amide bonds. The Balaban J connectivity index is 1.56. The molecule has 0 unspecified atom stereocenters. The number of carbonyl (C=O) groups excluding carboxylic acids is 1. The highest BCUT2D eigenvalue weighted by atomic mass is 127. The van der Waals surface area contributed by atoms with E-state index in [1.54, 1.807) is 0 Å². The molecule has 2 aromatic rings. The van der Waals surface area contributed by atoms with Gasteiger partial charge in [0.25, 0.3) is 5.91 Å². The Morgan fingerprint density at radius 3 is 2.54 bits per heavy atom. The maximum absolute atomic E-state index is 12.2. The topological polar surface area (TPSA) is 41.6 Å². The van der Waals surface area contributed by atoms with Crippen molar-refractivity contribution in [2.24, 2.45) is 0 Å². The highest BCUT2D eigenvalue weighted by Crippen LogP contribution is 2.11. The predicted molar refractivity (Wildman–Crippen MR) is 103 cm³/mol. The van der Waals surface area contributed by atoms with Crippen LogP contribution in [0.25, 0.3) is 0 Å². The first-order chi connectivity index (χ1) is 11.7. The van der Waals surface area contributed by atoms with E-state index in [4.69, 9.17) is 4.74 Å². The number of morpholine rings is 1. The van der Waals surface area contributed by atoms with E-state index in [9.17, 15) is 4.79 Å². The molecule has 5 heteroatoms. The van der Waals surface area contributed by atoms with Gasteiger partial charge in [0, 0.05) is 35.3 Å². The van der Waals surface area contributed by atoms with Crippen molar-refractivity contribution in [3.63, 3.8) is 0 Å². The molecular weight excluding hydrogens is 415 g/mol. The lowest BCUT2D eigenvalue weighted by molar-refractivity contribution is 0.0342. The maximum atomic E-state index is 12.2. The zero-order chi connectivity index (χ0) is 16.8. The Kier molecular flexibility index (Phi) is 6.23. The van der Waals surface area contributed by atoms with Gasteiger partial charge in [-0.3, -0.25) is 9.69 Å². The number of amides is 1. The Morgan fingerprint density at radius 1 is 1.08 bits per heavy atom. The van der Waals surface area contributed by atoms with Gasteiger partial charge in [-0.15, -0.1) is 0 Å². The highest BCUT2D eigenvalue weighted by Gasteiger charge is 2.11. The van der Waals surface area contributed by atoms with Gasteiger partial charge in [-0.1, -0.05) is 24.3 Å². The van der Waals surface area contributed by atoms with Crippen LogP contribution in [0.2, 0.25) is 0 Å². The number of ether oxygens (including phenoxy) is 1. The van der Waals surface area contributed by atoms with Crippen molar-refractivity contribution in [1.29, 1.82) is 0 Å². The van der Waals surface area contributed by atoms with E-state index >= 15 is 0 Å². The van der Waals surface area contributed by atoms with E-state index in [0.29, 0.717) is 12.1 Å². The van der Waals surface area contributed by atoms with Crippen LogP contribution in [0, 0.1) is 3.57 Å². The van der Waals surface area contributed by atoms with Crippen LogP contribution in [0.1, 0.15) is 21.5 Å². The summed E-state index contributed by atoms with van der Waals surface area (Å²) in [6.07, 6.45) is 0. The van der Waals surface area contributed by atoms with Gasteiger partial charge in [0.15, 0.2) is 0 Å². The van der Waals surface area contributed by atoms with Gasteiger partial charge in [-0.25, -0.2) is 0 Å². The Morgan fingerprint density at radius 2 is 1.79 bits per heavy atom. The third-order valence-electron chi connectivity index (χ3n) is 4.06. The molecule has 1 fully saturated rings. The van der Waals surface area contributed by atoms with Gasteiger partial charge < -0.3 is 10.1 Å². The van der Waals surface area contributed by atoms with Gasteiger partial charge in [-0.2, -0.15) is 0 Å². The Hall–Kier alpha value is -1.44. The minimum atomic E-state index is -0.0371. The van der Waals surface area contributed by atoms with Gasteiger partial charge in [0.1, 0.15) is 0 Å². The van der Waals surface area contributed by atoms with Crippen molar-refractivity contribution in [2.45, 2.75) is 13.1 Å². The highest BCUT2D eigenvalue weighted by molar-refractivity contribution is 14.1. The Bertz CT molecular complexity index is 682. The molecule has 0 aliphatic carbocycles. The minimum absolute atomic E-state index is 0.0371. The molecule has 0 atom stereocenters. The normalized spacial score (nSPS) is 15.2. The molecular formula is C19H21IN2O2. The fraction of sp³-hybridized carbons (Fsp3) is 0.316. The molecule has 0 aromatic heterocycles. The number of hydrogen-bond acceptors (Lipinski definition) is 3. The summed E-state index contributed by atoms with van der Waals surface area (Å²) >= 11 is 2.23. The first kappa shape index (κ1) is 17.4. The van der Waals surface area contributed by atoms with Crippen LogP contribution in [-0.4, -0.2) is 37.1 Å². The maximum Gasteiger partial charge on any atom is 0.251 e. The second kappa shape index (κ2) is 8.60. The predicted octanol–water partition coefficient (Wildman–Crippen LogP) is 3.05. The van der Waals surface area contributed by atoms with Crippen LogP contribution in [0.15, 0.2) is 48.5 Å². The van der Waals surface area contributed by atoms with Crippen LogP contribution in [0.3, 0.4) is 0 Å². The molecule has 1 N–H and O–H groups in total. The molecule has 0 radical (unpaired) electrons. The molecule has 1 aliphatic rings. The lowest BCUT2D eigenvalue weighted by Crippen LogP contribution is -2.35. The van der Waals surface area contributed by atoms with E-state index in [1.165, 1.54) is 5.56 Å². The van der Waals surface area contributed by atoms with Gasteiger partial charge >= 0.3 is 0 Å². The van der Waals surface area contributed by atoms with E-state index in [-0.39, 0.29) is 5.91 Å². The smallest absolute Gasteiger partial charge is 0.251 e. The van der Waals surface area contributed by atoms with Crippen molar-refractivity contribution in [1.82, 2.24) is 10.2 Å². The molecule has 126 valence electrons. The van der Waals surface area contributed by atoms with Crippen molar-refractivity contribution in [3.8, 4) is 0 Å². The molecule has 3 rings (SSSR count). The summed E-state index contributed by atoms with van der Waals surface area (Å²) in [5, 5.41) is 2.99. The van der Waals surface area contributed by atoms with E-state index in [1.807, 2.05) is 24.3 Å². The Labute approximate surface area is 156 Å². The summed E-state index contributed by atoms with van der Waals surface area (Å²) < 4.78 is 6.51. The SMILES string of the molecule is O=C(NCc1cccc(CN2CCOCC2)c1)c1ccc(I)cc1.